The van der Waals surface area contributed by atoms with Crippen LogP contribution >= 0.6 is 23.2 Å². The number of rotatable bonds is 3. The Morgan fingerprint density at radius 2 is 1.70 bits per heavy atom. The average molecular weight is 351 g/mol. The van der Waals surface area contributed by atoms with E-state index < -0.39 is 17.6 Å². The van der Waals surface area contributed by atoms with Crippen LogP contribution in [0.25, 0.3) is 0 Å². The Morgan fingerprint density at radius 1 is 0.957 bits per heavy atom. The van der Waals surface area contributed by atoms with E-state index in [0.29, 0.717) is 15.6 Å². The van der Waals surface area contributed by atoms with Crippen LogP contribution in [0.1, 0.15) is 0 Å². The van der Waals surface area contributed by atoms with E-state index in [1.807, 2.05) is 0 Å². The quantitative estimate of drug-likeness (QED) is 0.853. The zero-order valence-corrected chi connectivity index (χ0v) is 13.0. The van der Waals surface area contributed by atoms with Gasteiger partial charge in [-0.25, -0.2) is 9.29 Å². The van der Waals surface area contributed by atoms with E-state index in [4.69, 9.17) is 23.2 Å². The molecule has 3 rings (SSSR count). The van der Waals surface area contributed by atoms with E-state index in [1.54, 1.807) is 24.3 Å². The predicted molar refractivity (Wildman–Crippen MR) is 86.8 cm³/mol. The van der Waals surface area contributed by atoms with E-state index in [9.17, 15) is 14.0 Å². The number of imide groups is 1. The van der Waals surface area contributed by atoms with Crippen LogP contribution in [0.3, 0.4) is 0 Å². The fourth-order valence-corrected chi connectivity index (χ4v) is 2.58. The van der Waals surface area contributed by atoms with Gasteiger partial charge < -0.3 is 5.32 Å². The number of hydrogen-bond donors (Lipinski definition) is 1. The van der Waals surface area contributed by atoms with E-state index in [-0.39, 0.29) is 16.4 Å². The molecule has 0 aromatic heterocycles. The minimum Gasteiger partial charge on any atom is -0.350 e. The average Bonchev–Trinajstić information content (AvgIpc) is 2.72. The minimum absolute atomic E-state index is 0.123. The molecule has 0 atom stereocenters. The fraction of sp³-hybridized carbons (Fsp3) is 0. The van der Waals surface area contributed by atoms with E-state index in [2.05, 4.69) is 5.32 Å². The molecule has 2 aromatic rings. The molecule has 0 saturated heterocycles. The molecule has 0 aliphatic carbocycles. The highest BCUT2D eigenvalue weighted by atomic mass is 35.5. The Kier molecular flexibility index (Phi) is 4.07. The fourth-order valence-electron chi connectivity index (χ4n) is 2.17. The van der Waals surface area contributed by atoms with Crippen molar-refractivity contribution in [2.24, 2.45) is 0 Å². The van der Waals surface area contributed by atoms with Gasteiger partial charge in [0.15, 0.2) is 0 Å². The van der Waals surface area contributed by atoms with Crippen molar-refractivity contribution >= 4 is 46.4 Å². The lowest BCUT2D eigenvalue weighted by Crippen LogP contribution is -2.33. The van der Waals surface area contributed by atoms with Crippen molar-refractivity contribution in [3.63, 3.8) is 0 Å². The van der Waals surface area contributed by atoms with Crippen LogP contribution in [0, 0.1) is 5.82 Å². The van der Waals surface area contributed by atoms with Gasteiger partial charge in [-0.3, -0.25) is 9.59 Å². The van der Waals surface area contributed by atoms with E-state index >= 15 is 0 Å². The van der Waals surface area contributed by atoms with E-state index in [1.165, 1.54) is 18.2 Å². The van der Waals surface area contributed by atoms with Crippen molar-refractivity contribution < 1.29 is 14.0 Å². The van der Waals surface area contributed by atoms with Crippen molar-refractivity contribution in [1.29, 1.82) is 0 Å². The predicted octanol–water partition coefficient (Wildman–Crippen LogP) is 3.91. The number of carbonyl (C=O) groups is 2. The lowest BCUT2D eigenvalue weighted by Gasteiger charge is -2.15. The number of carbonyl (C=O) groups excluding carboxylic acids is 2. The molecule has 4 nitrogen and oxygen atoms in total. The number of nitrogens with one attached hydrogen (secondary N) is 1. The molecule has 1 heterocycles. The smallest absolute Gasteiger partial charge is 0.283 e. The SMILES string of the molecule is O=C1C(Cl)=C(Nc2cccc(Cl)c2)C(=O)N1c1ccccc1F. The molecule has 0 bridgehead atoms. The second-order valence-electron chi connectivity index (χ2n) is 4.72. The maximum atomic E-state index is 13.9. The maximum Gasteiger partial charge on any atom is 0.283 e. The molecule has 2 amide bonds. The first-order chi connectivity index (χ1) is 11.0. The number of hydrogen-bond acceptors (Lipinski definition) is 3. The van der Waals surface area contributed by atoms with Crippen LogP contribution in [0.4, 0.5) is 15.8 Å². The molecular formula is C16H9Cl2FN2O2. The van der Waals surface area contributed by atoms with Crippen LogP contribution in [0.5, 0.6) is 0 Å². The lowest BCUT2D eigenvalue weighted by atomic mass is 10.2. The highest BCUT2D eigenvalue weighted by Crippen LogP contribution is 2.31. The summed E-state index contributed by atoms with van der Waals surface area (Å²) in [4.78, 5) is 25.4. The molecule has 0 fully saturated rings. The Bertz CT molecular complexity index is 851. The molecule has 1 aliphatic rings. The Balaban J connectivity index is 1.95. The molecule has 0 saturated carbocycles. The van der Waals surface area contributed by atoms with Crippen LogP contribution in [0.15, 0.2) is 59.3 Å². The standard InChI is InChI=1S/C16H9Cl2FN2O2/c17-9-4-3-5-10(8-9)20-14-13(18)15(22)21(16(14)23)12-7-2-1-6-11(12)19/h1-8,20H. The van der Waals surface area contributed by atoms with Gasteiger partial charge in [-0.15, -0.1) is 0 Å². The lowest BCUT2D eigenvalue weighted by molar-refractivity contribution is -0.120. The Labute approximate surface area is 141 Å². The van der Waals surface area contributed by atoms with Crippen molar-refractivity contribution in [2.45, 2.75) is 0 Å². The normalized spacial score (nSPS) is 14.7. The van der Waals surface area contributed by atoms with Crippen LogP contribution in [0.2, 0.25) is 5.02 Å². The zero-order valence-electron chi connectivity index (χ0n) is 11.5. The highest BCUT2D eigenvalue weighted by Gasteiger charge is 2.40. The van der Waals surface area contributed by atoms with Gasteiger partial charge in [-0.1, -0.05) is 41.4 Å². The maximum absolute atomic E-state index is 13.9. The third kappa shape index (κ3) is 2.81. The van der Waals surface area contributed by atoms with Gasteiger partial charge >= 0.3 is 0 Å². The molecule has 0 radical (unpaired) electrons. The van der Waals surface area contributed by atoms with Crippen molar-refractivity contribution in [3.8, 4) is 0 Å². The molecule has 23 heavy (non-hydrogen) atoms. The first-order valence-electron chi connectivity index (χ1n) is 6.54. The summed E-state index contributed by atoms with van der Waals surface area (Å²) < 4.78 is 13.9. The van der Waals surface area contributed by atoms with Gasteiger partial charge in [-0.05, 0) is 30.3 Å². The summed E-state index contributed by atoms with van der Waals surface area (Å²) in [5.41, 5.74) is 0.216. The second-order valence-corrected chi connectivity index (χ2v) is 5.54. The number of nitrogens with zero attached hydrogens (tertiary/aromatic N) is 1. The Hall–Kier alpha value is -2.37. The van der Waals surface area contributed by atoms with Gasteiger partial charge in [0.2, 0.25) is 0 Å². The third-order valence-corrected chi connectivity index (χ3v) is 3.80. The highest BCUT2D eigenvalue weighted by molar-refractivity contribution is 6.53. The third-order valence-electron chi connectivity index (χ3n) is 3.21. The number of amides is 2. The molecule has 0 unspecified atom stereocenters. The summed E-state index contributed by atoms with van der Waals surface area (Å²) >= 11 is 11.8. The summed E-state index contributed by atoms with van der Waals surface area (Å²) in [5, 5.41) is 2.91. The number of anilines is 2. The van der Waals surface area contributed by atoms with Crippen LogP contribution in [-0.4, -0.2) is 11.8 Å². The van der Waals surface area contributed by atoms with Crippen LogP contribution in [-0.2, 0) is 9.59 Å². The number of para-hydroxylation sites is 1. The topological polar surface area (TPSA) is 49.4 Å². The molecule has 1 N–H and O–H groups in total. The van der Waals surface area contributed by atoms with Gasteiger partial charge in [0, 0.05) is 10.7 Å². The number of benzene rings is 2. The van der Waals surface area contributed by atoms with Gasteiger partial charge in [0.1, 0.15) is 16.5 Å². The summed E-state index contributed by atoms with van der Waals surface area (Å²) in [6, 6.07) is 12.0. The second kappa shape index (κ2) is 6.02. The molecule has 1 aliphatic heterocycles. The van der Waals surface area contributed by atoms with Gasteiger partial charge in [0.05, 0.1) is 5.69 Å². The van der Waals surface area contributed by atoms with Crippen molar-refractivity contribution in [2.75, 3.05) is 10.2 Å². The Morgan fingerprint density at radius 3 is 2.39 bits per heavy atom. The monoisotopic (exact) mass is 350 g/mol. The minimum atomic E-state index is -0.786. The summed E-state index contributed by atoms with van der Waals surface area (Å²) in [6.07, 6.45) is 0. The summed E-state index contributed by atoms with van der Waals surface area (Å²) in [5.74, 6) is -2.21. The summed E-state index contributed by atoms with van der Waals surface area (Å²) in [6.45, 7) is 0. The molecule has 116 valence electrons. The number of halogens is 3. The molecule has 2 aromatic carbocycles. The summed E-state index contributed by atoms with van der Waals surface area (Å²) in [7, 11) is 0. The molecule has 7 heteroatoms. The van der Waals surface area contributed by atoms with Gasteiger partial charge in [0.25, 0.3) is 11.8 Å². The van der Waals surface area contributed by atoms with Crippen molar-refractivity contribution in [1.82, 2.24) is 0 Å². The first kappa shape index (κ1) is 15.5. The zero-order chi connectivity index (χ0) is 16.6. The first-order valence-corrected chi connectivity index (χ1v) is 7.30. The van der Waals surface area contributed by atoms with Crippen LogP contribution < -0.4 is 10.2 Å². The van der Waals surface area contributed by atoms with E-state index in [0.717, 1.165) is 6.07 Å². The molecular weight excluding hydrogens is 342 g/mol. The van der Waals surface area contributed by atoms with Gasteiger partial charge in [-0.2, -0.15) is 0 Å². The van der Waals surface area contributed by atoms with Crippen molar-refractivity contribution in [3.05, 3.63) is 70.1 Å². The molecule has 0 spiro atoms. The largest absolute Gasteiger partial charge is 0.350 e.